The minimum absolute atomic E-state index is 0.0563. The zero-order valence-electron chi connectivity index (χ0n) is 12.7. The van der Waals surface area contributed by atoms with Crippen LogP contribution in [0.1, 0.15) is 50.1 Å². The molecular formula is C17H19NO2S. The summed E-state index contributed by atoms with van der Waals surface area (Å²) in [5.41, 5.74) is 4.20. The Hall–Kier alpha value is -1.94. The number of thiophene rings is 1. The van der Waals surface area contributed by atoms with Crippen LogP contribution in [0.2, 0.25) is 0 Å². The van der Waals surface area contributed by atoms with Crippen LogP contribution in [0.25, 0.3) is 0 Å². The summed E-state index contributed by atoms with van der Waals surface area (Å²) < 4.78 is 0. The molecule has 0 bridgehead atoms. The minimum atomic E-state index is -0.165. The largest absolute Gasteiger partial charge is 0.320 e. The number of aryl methyl sites for hydroxylation is 2. The molecule has 0 saturated heterocycles. The first kappa shape index (κ1) is 15.4. The minimum Gasteiger partial charge on any atom is -0.320 e. The van der Waals surface area contributed by atoms with Gasteiger partial charge in [-0.3, -0.25) is 9.59 Å². The molecule has 1 aromatic carbocycles. The molecule has 110 valence electrons. The molecule has 0 unspecified atom stereocenters. The highest BCUT2D eigenvalue weighted by molar-refractivity contribution is 7.12. The molecule has 0 aliphatic rings. The standard InChI is InChI=1S/C17H19NO2S/c1-5-13(19)15-12(4)10(2)9-11(3)16(15)18-17(20)14-7-6-8-21-14/h6-9H,5H2,1-4H3,(H,18,20). The molecule has 2 rings (SSSR count). The van der Waals surface area contributed by atoms with Crippen LogP contribution in [-0.2, 0) is 0 Å². The molecular weight excluding hydrogens is 282 g/mol. The number of rotatable bonds is 4. The number of amides is 1. The zero-order valence-corrected chi connectivity index (χ0v) is 13.6. The molecule has 1 N–H and O–H groups in total. The Morgan fingerprint density at radius 1 is 1.19 bits per heavy atom. The number of Topliss-reactive ketones (excluding diaryl/α,β-unsaturated/α-hetero) is 1. The summed E-state index contributed by atoms with van der Waals surface area (Å²) in [6.45, 7) is 7.67. The van der Waals surface area contributed by atoms with E-state index in [9.17, 15) is 9.59 Å². The van der Waals surface area contributed by atoms with Crippen molar-refractivity contribution in [2.24, 2.45) is 0 Å². The van der Waals surface area contributed by atoms with Crippen molar-refractivity contribution in [2.45, 2.75) is 34.1 Å². The maximum absolute atomic E-state index is 12.3. The van der Waals surface area contributed by atoms with Gasteiger partial charge in [-0.15, -0.1) is 11.3 Å². The molecule has 2 aromatic rings. The Balaban J connectivity index is 2.49. The third-order valence-electron chi connectivity index (χ3n) is 3.63. The highest BCUT2D eigenvalue weighted by Crippen LogP contribution is 2.29. The van der Waals surface area contributed by atoms with Gasteiger partial charge in [0.15, 0.2) is 5.78 Å². The zero-order chi connectivity index (χ0) is 15.6. The second kappa shape index (κ2) is 6.22. The number of nitrogens with one attached hydrogen (secondary N) is 1. The summed E-state index contributed by atoms with van der Waals surface area (Å²) in [6.07, 6.45) is 0.422. The van der Waals surface area contributed by atoms with E-state index < -0.39 is 0 Å². The Labute approximate surface area is 129 Å². The van der Waals surface area contributed by atoms with E-state index in [0.29, 0.717) is 22.5 Å². The van der Waals surface area contributed by atoms with E-state index in [1.165, 1.54) is 11.3 Å². The fraction of sp³-hybridized carbons (Fsp3) is 0.294. The summed E-state index contributed by atoms with van der Waals surface area (Å²) in [4.78, 5) is 25.2. The Morgan fingerprint density at radius 2 is 1.90 bits per heavy atom. The molecule has 0 radical (unpaired) electrons. The number of benzene rings is 1. The van der Waals surface area contributed by atoms with Crippen LogP contribution >= 0.6 is 11.3 Å². The van der Waals surface area contributed by atoms with Crippen molar-refractivity contribution in [1.82, 2.24) is 0 Å². The van der Waals surface area contributed by atoms with E-state index in [4.69, 9.17) is 0 Å². The Morgan fingerprint density at radius 3 is 2.48 bits per heavy atom. The normalized spacial score (nSPS) is 10.5. The Bertz CT molecular complexity index is 687. The molecule has 0 saturated carbocycles. The summed E-state index contributed by atoms with van der Waals surface area (Å²) in [6, 6.07) is 5.62. The van der Waals surface area contributed by atoms with Gasteiger partial charge in [-0.25, -0.2) is 0 Å². The molecule has 0 fully saturated rings. The predicted octanol–water partition coefficient (Wildman–Crippen LogP) is 4.52. The predicted molar refractivity (Wildman–Crippen MR) is 87.5 cm³/mol. The average Bonchev–Trinajstić information content (AvgIpc) is 2.98. The first-order valence-electron chi connectivity index (χ1n) is 6.94. The lowest BCUT2D eigenvalue weighted by molar-refractivity contribution is 0.0988. The fourth-order valence-corrected chi connectivity index (χ4v) is 2.98. The lowest BCUT2D eigenvalue weighted by Gasteiger charge is -2.17. The van der Waals surface area contributed by atoms with Crippen molar-refractivity contribution in [3.63, 3.8) is 0 Å². The average molecular weight is 301 g/mol. The van der Waals surface area contributed by atoms with Gasteiger partial charge >= 0.3 is 0 Å². The van der Waals surface area contributed by atoms with Crippen molar-refractivity contribution < 1.29 is 9.59 Å². The van der Waals surface area contributed by atoms with Crippen molar-refractivity contribution in [3.8, 4) is 0 Å². The highest BCUT2D eigenvalue weighted by Gasteiger charge is 2.19. The monoisotopic (exact) mass is 301 g/mol. The second-order valence-electron chi connectivity index (χ2n) is 5.09. The first-order valence-corrected chi connectivity index (χ1v) is 7.82. The number of carbonyl (C=O) groups excluding carboxylic acids is 2. The van der Waals surface area contributed by atoms with E-state index in [1.54, 1.807) is 6.07 Å². The summed E-state index contributed by atoms with van der Waals surface area (Å²) in [7, 11) is 0. The van der Waals surface area contributed by atoms with Gasteiger partial charge in [0.2, 0.25) is 0 Å². The second-order valence-corrected chi connectivity index (χ2v) is 6.04. The van der Waals surface area contributed by atoms with E-state index in [2.05, 4.69) is 5.32 Å². The van der Waals surface area contributed by atoms with Crippen LogP contribution in [0.5, 0.6) is 0 Å². The fourth-order valence-electron chi connectivity index (χ4n) is 2.36. The van der Waals surface area contributed by atoms with Gasteiger partial charge in [-0.1, -0.05) is 19.1 Å². The van der Waals surface area contributed by atoms with Crippen LogP contribution in [0, 0.1) is 20.8 Å². The van der Waals surface area contributed by atoms with Crippen molar-refractivity contribution in [3.05, 3.63) is 50.7 Å². The van der Waals surface area contributed by atoms with E-state index in [0.717, 1.165) is 16.7 Å². The molecule has 4 heteroatoms. The van der Waals surface area contributed by atoms with Crippen LogP contribution in [0.3, 0.4) is 0 Å². The van der Waals surface area contributed by atoms with Gasteiger partial charge in [-0.2, -0.15) is 0 Å². The van der Waals surface area contributed by atoms with Gasteiger partial charge in [0.05, 0.1) is 10.6 Å². The summed E-state index contributed by atoms with van der Waals surface area (Å²) in [5, 5.41) is 4.78. The molecule has 0 aliphatic carbocycles. The highest BCUT2D eigenvalue weighted by atomic mass is 32.1. The molecule has 3 nitrogen and oxygen atoms in total. The number of hydrogen-bond acceptors (Lipinski definition) is 3. The summed E-state index contributed by atoms with van der Waals surface area (Å²) >= 11 is 1.39. The third-order valence-corrected chi connectivity index (χ3v) is 4.50. The molecule has 0 spiro atoms. The van der Waals surface area contributed by atoms with Gasteiger partial charge in [0.25, 0.3) is 5.91 Å². The van der Waals surface area contributed by atoms with Crippen LogP contribution < -0.4 is 5.32 Å². The lowest BCUT2D eigenvalue weighted by atomic mass is 9.93. The molecule has 1 heterocycles. The molecule has 0 atom stereocenters. The van der Waals surface area contributed by atoms with Gasteiger partial charge in [0.1, 0.15) is 0 Å². The molecule has 21 heavy (non-hydrogen) atoms. The summed E-state index contributed by atoms with van der Waals surface area (Å²) in [5.74, 6) is -0.109. The molecule has 1 amide bonds. The number of anilines is 1. The van der Waals surface area contributed by atoms with Crippen molar-refractivity contribution >= 4 is 28.7 Å². The van der Waals surface area contributed by atoms with E-state index >= 15 is 0 Å². The number of hydrogen-bond donors (Lipinski definition) is 1. The van der Waals surface area contributed by atoms with Crippen LogP contribution in [-0.4, -0.2) is 11.7 Å². The van der Waals surface area contributed by atoms with Gasteiger partial charge in [0, 0.05) is 12.0 Å². The van der Waals surface area contributed by atoms with Gasteiger partial charge < -0.3 is 5.32 Å². The Kier molecular flexibility index (Phi) is 4.58. The lowest BCUT2D eigenvalue weighted by Crippen LogP contribution is -2.16. The van der Waals surface area contributed by atoms with Crippen LogP contribution in [0.4, 0.5) is 5.69 Å². The maximum Gasteiger partial charge on any atom is 0.265 e. The third kappa shape index (κ3) is 3.05. The number of ketones is 1. The van der Waals surface area contributed by atoms with Crippen molar-refractivity contribution in [2.75, 3.05) is 5.32 Å². The van der Waals surface area contributed by atoms with Gasteiger partial charge in [-0.05, 0) is 48.9 Å². The van der Waals surface area contributed by atoms with Crippen molar-refractivity contribution in [1.29, 1.82) is 0 Å². The first-order chi connectivity index (χ1) is 9.95. The van der Waals surface area contributed by atoms with E-state index in [1.807, 2.05) is 45.2 Å². The molecule has 0 aliphatic heterocycles. The van der Waals surface area contributed by atoms with Crippen LogP contribution in [0.15, 0.2) is 23.6 Å². The van der Waals surface area contributed by atoms with E-state index in [-0.39, 0.29) is 11.7 Å². The topological polar surface area (TPSA) is 46.2 Å². The SMILES string of the molecule is CCC(=O)c1c(C)c(C)cc(C)c1NC(=O)c1cccs1. The maximum atomic E-state index is 12.3. The number of carbonyl (C=O) groups is 2. The molecule has 1 aromatic heterocycles. The smallest absolute Gasteiger partial charge is 0.265 e. The quantitative estimate of drug-likeness (QED) is 0.844.